The Balaban J connectivity index is 1.86. The minimum absolute atomic E-state index is 0.294. The van der Waals surface area contributed by atoms with E-state index in [9.17, 15) is 4.79 Å². The number of carbonyl (C=O) groups excluding carboxylic acids is 1. The van der Waals surface area contributed by atoms with Crippen molar-refractivity contribution in [2.45, 2.75) is 13.2 Å². The maximum Gasteiger partial charge on any atom is 0.410 e. The fraction of sp³-hybridized carbons (Fsp3) is 0.188. The van der Waals surface area contributed by atoms with E-state index in [-0.39, 0.29) is 6.09 Å². The number of carbonyl (C=O) groups is 1. The predicted molar refractivity (Wildman–Crippen MR) is 82.2 cm³/mol. The van der Waals surface area contributed by atoms with Crippen LogP contribution in [0, 0.1) is 0 Å². The monoisotopic (exact) mass is 333 g/mol. The minimum atomic E-state index is -0.325. The Hall–Kier alpha value is -1.81. The number of halogens is 1. The van der Waals surface area contributed by atoms with E-state index in [4.69, 9.17) is 4.74 Å². The van der Waals surface area contributed by atoms with Gasteiger partial charge in [0, 0.05) is 18.1 Å². The van der Waals surface area contributed by atoms with Crippen LogP contribution < -0.4 is 0 Å². The highest BCUT2D eigenvalue weighted by Crippen LogP contribution is 2.13. The first-order chi connectivity index (χ1) is 9.65. The van der Waals surface area contributed by atoms with Gasteiger partial charge in [-0.1, -0.05) is 58.4 Å². The summed E-state index contributed by atoms with van der Waals surface area (Å²) in [6.07, 6.45) is -0.325. The van der Waals surface area contributed by atoms with Gasteiger partial charge in [0.2, 0.25) is 0 Å². The summed E-state index contributed by atoms with van der Waals surface area (Å²) in [4.78, 5) is 13.5. The first kappa shape index (κ1) is 14.6. The molecule has 2 aromatic rings. The van der Waals surface area contributed by atoms with Gasteiger partial charge in [-0.15, -0.1) is 0 Å². The Kier molecular flexibility index (Phi) is 5.18. The zero-order valence-corrected chi connectivity index (χ0v) is 12.8. The van der Waals surface area contributed by atoms with E-state index >= 15 is 0 Å². The number of nitrogens with zero attached hydrogens (tertiary/aromatic N) is 1. The lowest BCUT2D eigenvalue weighted by atomic mass is 10.2. The lowest BCUT2D eigenvalue weighted by Gasteiger charge is -2.17. The zero-order valence-electron chi connectivity index (χ0n) is 11.3. The van der Waals surface area contributed by atoms with Gasteiger partial charge in [0.05, 0.1) is 0 Å². The predicted octanol–water partition coefficient (Wildman–Crippen LogP) is 4.22. The van der Waals surface area contributed by atoms with Gasteiger partial charge in [-0.25, -0.2) is 4.79 Å². The molecular weight excluding hydrogens is 318 g/mol. The molecule has 0 atom stereocenters. The van der Waals surface area contributed by atoms with Crippen LogP contribution in [0.2, 0.25) is 0 Å². The highest BCUT2D eigenvalue weighted by atomic mass is 79.9. The lowest BCUT2D eigenvalue weighted by molar-refractivity contribution is 0.103. The van der Waals surface area contributed by atoms with Crippen molar-refractivity contribution in [3.8, 4) is 0 Å². The summed E-state index contributed by atoms with van der Waals surface area (Å²) in [6, 6.07) is 17.5. The van der Waals surface area contributed by atoms with Gasteiger partial charge in [0.15, 0.2) is 0 Å². The summed E-state index contributed by atoms with van der Waals surface area (Å²) in [6.45, 7) is 0.815. The molecule has 20 heavy (non-hydrogen) atoms. The largest absolute Gasteiger partial charge is 0.445 e. The molecule has 0 unspecified atom stereocenters. The summed E-state index contributed by atoms with van der Waals surface area (Å²) in [7, 11) is 1.73. The van der Waals surface area contributed by atoms with Crippen molar-refractivity contribution in [3.05, 3.63) is 70.2 Å². The Bertz CT molecular complexity index is 572. The van der Waals surface area contributed by atoms with Crippen LogP contribution in [0.15, 0.2) is 59.1 Å². The van der Waals surface area contributed by atoms with E-state index in [1.54, 1.807) is 11.9 Å². The van der Waals surface area contributed by atoms with Crippen molar-refractivity contribution in [3.63, 3.8) is 0 Å². The average Bonchev–Trinajstić information content (AvgIpc) is 2.46. The van der Waals surface area contributed by atoms with Crippen molar-refractivity contribution in [1.82, 2.24) is 4.90 Å². The number of benzene rings is 2. The van der Waals surface area contributed by atoms with Gasteiger partial charge < -0.3 is 9.64 Å². The molecule has 4 heteroatoms. The summed E-state index contributed by atoms with van der Waals surface area (Å²) in [5.41, 5.74) is 2.04. The number of amides is 1. The van der Waals surface area contributed by atoms with Gasteiger partial charge in [-0.05, 0) is 23.3 Å². The number of ether oxygens (including phenoxy) is 1. The lowest BCUT2D eigenvalue weighted by Crippen LogP contribution is -2.26. The normalized spacial score (nSPS) is 10.1. The Morgan fingerprint density at radius 3 is 2.50 bits per heavy atom. The SMILES string of the molecule is CN(Cc1cccc(Br)c1)C(=O)OCc1ccccc1. The Morgan fingerprint density at radius 1 is 1.10 bits per heavy atom. The van der Waals surface area contributed by atoms with E-state index in [2.05, 4.69) is 15.9 Å². The van der Waals surface area contributed by atoms with Gasteiger partial charge in [-0.3, -0.25) is 0 Å². The van der Waals surface area contributed by atoms with Crippen LogP contribution in [-0.4, -0.2) is 18.0 Å². The molecule has 2 rings (SSSR count). The van der Waals surface area contributed by atoms with Crippen molar-refractivity contribution in [2.75, 3.05) is 7.05 Å². The first-order valence-electron chi connectivity index (χ1n) is 6.31. The molecule has 0 fully saturated rings. The summed E-state index contributed by atoms with van der Waals surface area (Å²) < 4.78 is 6.27. The first-order valence-corrected chi connectivity index (χ1v) is 7.11. The van der Waals surface area contributed by atoms with Crippen LogP contribution in [0.3, 0.4) is 0 Å². The fourth-order valence-corrected chi connectivity index (χ4v) is 2.25. The Morgan fingerprint density at radius 2 is 1.80 bits per heavy atom. The molecule has 3 nitrogen and oxygen atoms in total. The molecule has 0 aliphatic rings. The molecular formula is C16H16BrNO2. The second-order valence-corrected chi connectivity index (χ2v) is 5.44. The molecule has 0 aliphatic heterocycles. The third-order valence-electron chi connectivity index (χ3n) is 2.83. The van der Waals surface area contributed by atoms with E-state index in [0.29, 0.717) is 13.2 Å². The summed E-state index contributed by atoms with van der Waals surface area (Å²) in [5.74, 6) is 0. The molecule has 1 amide bonds. The van der Waals surface area contributed by atoms with Crippen molar-refractivity contribution < 1.29 is 9.53 Å². The zero-order chi connectivity index (χ0) is 14.4. The maximum atomic E-state index is 11.9. The van der Waals surface area contributed by atoms with Gasteiger partial charge >= 0.3 is 6.09 Å². The number of rotatable bonds is 4. The van der Waals surface area contributed by atoms with Crippen LogP contribution in [0.25, 0.3) is 0 Å². The number of hydrogen-bond acceptors (Lipinski definition) is 2. The Labute approximate surface area is 127 Å². The average molecular weight is 334 g/mol. The van der Waals surface area contributed by atoms with Gasteiger partial charge in [0.1, 0.15) is 6.61 Å². The van der Waals surface area contributed by atoms with Crippen molar-refractivity contribution >= 4 is 22.0 Å². The molecule has 0 bridgehead atoms. The molecule has 0 saturated heterocycles. The quantitative estimate of drug-likeness (QED) is 0.838. The van der Waals surface area contributed by atoms with E-state index < -0.39 is 0 Å². The van der Waals surface area contributed by atoms with Gasteiger partial charge in [0.25, 0.3) is 0 Å². The van der Waals surface area contributed by atoms with E-state index in [0.717, 1.165) is 15.6 Å². The molecule has 0 N–H and O–H groups in total. The third-order valence-corrected chi connectivity index (χ3v) is 3.32. The molecule has 0 aliphatic carbocycles. The second-order valence-electron chi connectivity index (χ2n) is 4.53. The summed E-state index contributed by atoms with van der Waals surface area (Å²) in [5, 5.41) is 0. The molecule has 2 aromatic carbocycles. The van der Waals surface area contributed by atoms with E-state index in [1.807, 2.05) is 54.6 Å². The summed E-state index contributed by atoms with van der Waals surface area (Å²) >= 11 is 3.42. The molecule has 0 saturated carbocycles. The maximum absolute atomic E-state index is 11.9. The molecule has 0 spiro atoms. The van der Waals surface area contributed by atoms with Crippen LogP contribution >= 0.6 is 15.9 Å². The minimum Gasteiger partial charge on any atom is -0.445 e. The van der Waals surface area contributed by atoms with Gasteiger partial charge in [-0.2, -0.15) is 0 Å². The van der Waals surface area contributed by atoms with Crippen molar-refractivity contribution in [1.29, 1.82) is 0 Å². The molecule has 104 valence electrons. The second kappa shape index (κ2) is 7.10. The van der Waals surface area contributed by atoms with Crippen LogP contribution in [-0.2, 0) is 17.9 Å². The molecule has 0 aromatic heterocycles. The van der Waals surface area contributed by atoms with Crippen LogP contribution in [0.4, 0.5) is 4.79 Å². The fourth-order valence-electron chi connectivity index (χ4n) is 1.80. The van der Waals surface area contributed by atoms with E-state index in [1.165, 1.54) is 0 Å². The smallest absolute Gasteiger partial charge is 0.410 e. The third kappa shape index (κ3) is 4.38. The van der Waals surface area contributed by atoms with Crippen molar-refractivity contribution in [2.24, 2.45) is 0 Å². The topological polar surface area (TPSA) is 29.5 Å². The highest BCUT2D eigenvalue weighted by Gasteiger charge is 2.10. The molecule has 0 radical (unpaired) electrons. The highest BCUT2D eigenvalue weighted by molar-refractivity contribution is 9.10. The van der Waals surface area contributed by atoms with Crippen LogP contribution in [0.5, 0.6) is 0 Å². The number of hydrogen-bond donors (Lipinski definition) is 0. The molecule has 0 heterocycles. The van der Waals surface area contributed by atoms with Crippen LogP contribution in [0.1, 0.15) is 11.1 Å². The standard InChI is InChI=1S/C16H16BrNO2/c1-18(11-14-8-5-9-15(17)10-14)16(19)20-12-13-6-3-2-4-7-13/h2-10H,11-12H2,1H3.